The predicted molar refractivity (Wildman–Crippen MR) is 56.6 cm³/mol. The van der Waals surface area contributed by atoms with Gasteiger partial charge in [-0.05, 0) is 12.1 Å². The Bertz CT molecular complexity index is 580. The molecule has 0 saturated carbocycles. The number of rotatable bonds is 1. The van der Waals surface area contributed by atoms with Gasteiger partial charge in [0.25, 0.3) is 5.91 Å². The van der Waals surface area contributed by atoms with Crippen LogP contribution in [-0.2, 0) is 0 Å². The standard InChI is InChI=1S/C10H7ClF2N2O/c1-14-10(16)6-3-4-2-5(11)7(12)8(13)9(4)15-6/h2-3,15H,1H3,(H,14,16). The second-order valence-electron chi connectivity index (χ2n) is 3.21. The van der Waals surface area contributed by atoms with Crippen LogP contribution in [0.3, 0.4) is 0 Å². The highest BCUT2D eigenvalue weighted by Crippen LogP contribution is 2.27. The molecule has 0 aliphatic heterocycles. The Hall–Kier alpha value is -1.62. The van der Waals surface area contributed by atoms with Crippen LogP contribution in [0, 0.1) is 11.6 Å². The van der Waals surface area contributed by atoms with E-state index >= 15 is 0 Å². The smallest absolute Gasteiger partial charge is 0.267 e. The molecule has 1 heterocycles. The Labute approximate surface area is 94.4 Å². The topological polar surface area (TPSA) is 44.9 Å². The quantitative estimate of drug-likeness (QED) is 0.744. The summed E-state index contributed by atoms with van der Waals surface area (Å²) in [5.41, 5.74) is 0.0820. The van der Waals surface area contributed by atoms with Gasteiger partial charge >= 0.3 is 0 Å². The average Bonchev–Trinajstić information content (AvgIpc) is 2.69. The van der Waals surface area contributed by atoms with Gasteiger partial charge in [0.05, 0.1) is 10.5 Å². The first kappa shape index (κ1) is 10.9. The number of fused-ring (bicyclic) bond motifs is 1. The third-order valence-corrected chi connectivity index (χ3v) is 2.50. The number of aromatic nitrogens is 1. The fourth-order valence-electron chi connectivity index (χ4n) is 1.44. The Morgan fingerprint density at radius 1 is 1.38 bits per heavy atom. The SMILES string of the molecule is CNC(=O)c1cc2cc(Cl)c(F)c(F)c2[nH]1. The number of benzene rings is 1. The van der Waals surface area contributed by atoms with Gasteiger partial charge in [-0.25, -0.2) is 8.78 Å². The van der Waals surface area contributed by atoms with Crippen LogP contribution in [0.15, 0.2) is 12.1 Å². The average molecular weight is 245 g/mol. The summed E-state index contributed by atoms with van der Waals surface area (Å²) >= 11 is 5.49. The van der Waals surface area contributed by atoms with Crippen LogP contribution in [0.2, 0.25) is 5.02 Å². The van der Waals surface area contributed by atoms with Gasteiger partial charge in [0, 0.05) is 12.4 Å². The lowest BCUT2D eigenvalue weighted by atomic mass is 10.2. The van der Waals surface area contributed by atoms with E-state index in [-0.39, 0.29) is 16.2 Å². The molecule has 2 N–H and O–H groups in total. The maximum absolute atomic E-state index is 13.4. The third kappa shape index (κ3) is 1.53. The van der Waals surface area contributed by atoms with Crippen molar-refractivity contribution >= 4 is 28.4 Å². The molecule has 1 aromatic carbocycles. The van der Waals surface area contributed by atoms with Crippen molar-refractivity contribution in [2.24, 2.45) is 0 Å². The lowest BCUT2D eigenvalue weighted by Crippen LogP contribution is -2.17. The fourth-order valence-corrected chi connectivity index (χ4v) is 1.64. The maximum atomic E-state index is 13.4. The first-order valence-electron chi connectivity index (χ1n) is 4.43. The monoisotopic (exact) mass is 244 g/mol. The molecule has 0 saturated heterocycles. The number of halogens is 3. The van der Waals surface area contributed by atoms with E-state index in [0.29, 0.717) is 5.39 Å². The molecule has 0 fully saturated rings. The van der Waals surface area contributed by atoms with Gasteiger partial charge in [-0.15, -0.1) is 0 Å². The van der Waals surface area contributed by atoms with E-state index in [0.717, 1.165) is 0 Å². The molecule has 16 heavy (non-hydrogen) atoms. The van der Waals surface area contributed by atoms with E-state index in [1.165, 1.54) is 19.2 Å². The minimum atomic E-state index is -1.13. The number of nitrogens with one attached hydrogen (secondary N) is 2. The molecule has 6 heteroatoms. The molecule has 0 atom stereocenters. The van der Waals surface area contributed by atoms with Crippen molar-refractivity contribution in [3.05, 3.63) is 34.5 Å². The Balaban J connectivity index is 2.71. The normalized spacial score (nSPS) is 10.8. The summed E-state index contributed by atoms with van der Waals surface area (Å²) in [7, 11) is 1.44. The Morgan fingerprint density at radius 3 is 2.69 bits per heavy atom. The fraction of sp³-hybridized carbons (Fsp3) is 0.100. The third-order valence-electron chi connectivity index (χ3n) is 2.22. The first-order valence-corrected chi connectivity index (χ1v) is 4.80. The molecule has 2 rings (SSSR count). The van der Waals surface area contributed by atoms with Crippen molar-refractivity contribution in [1.29, 1.82) is 0 Å². The molecule has 2 aromatic rings. The molecule has 0 bridgehead atoms. The first-order chi connectivity index (χ1) is 7.54. The van der Waals surface area contributed by atoms with E-state index in [4.69, 9.17) is 11.6 Å². The van der Waals surface area contributed by atoms with Crippen molar-refractivity contribution < 1.29 is 13.6 Å². The highest BCUT2D eigenvalue weighted by molar-refractivity contribution is 6.31. The molecule has 3 nitrogen and oxygen atoms in total. The van der Waals surface area contributed by atoms with Crippen molar-refractivity contribution in [3.63, 3.8) is 0 Å². The van der Waals surface area contributed by atoms with E-state index in [2.05, 4.69) is 10.3 Å². The molecule has 0 radical (unpaired) electrons. The molecular weight excluding hydrogens is 238 g/mol. The second kappa shape index (κ2) is 3.75. The summed E-state index contributed by atoms with van der Waals surface area (Å²) in [6.07, 6.45) is 0. The van der Waals surface area contributed by atoms with E-state index in [1.807, 2.05) is 0 Å². The molecule has 0 aliphatic carbocycles. The number of hydrogen-bond acceptors (Lipinski definition) is 1. The lowest BCUT2D eigenvalue weighted by molar-refractivity contribution is 0.0959. The van der Waals surface area contributed by atoms with Crippen LogP contribution in [0.1, 0.15) is 10.5 Å². The Kier molecular flexibility index (Phi) is 2.55. The summed E-state index contributed by atoms with van der Waals surface area (Å²) in [6, 6.07) is 2.67. The van der Waals surface area contributed by atoms with Crippen LogP contribution < -0.4 is 5.32 Å². The maximum Gasteiger partial charge on any atom is 0.267 e. The van der Waals surface area contributed by atoms with Crippen LogP contribution in [0.4, 0.5) is 8.78 Å². The van der Waals surface area contributed by atoms with Crippen molar-refractivity contribution in [1.82, 2.24) is 10.3 Å². The van der Waals surface area contributed by atoms with Crippen molar-refractivity contribution in [2.75, 3.05) is 7.05 Å². The van der Waals surface area contributed by atoms with Crippen molar-refractivity contribution in [2.45, 2.75) is 0 Å². The van der Waals surface area contributed by atoms with Gasteiger partial charge in [-0.1, -0.05) is 11.6 Å². The zero-order valence-corrected chi connectivity index (χ0v) is 8.95. The Morgan fingerprint density at radius 2 is 2.06 bits per heavy atom. The van der Waals surface area contributed by atoms with Gasteiger partial charge in [0.1, 0.15) is 5.69 Å². The van der Waals surface area contributed by atoms with Gasteiger partial charge in [-0.2, -0.15) is 0 Å². The van der Waals surface area contributed by atoms with Gasteiger partial charge in [0.15, 0.2) is 11.6 Å². The molecule has 0 unspecified atom stereocenters. The summed E-state index contributed by atoms with van der Waals surface area (Å²) in [4.78, 5) is 13.8. The van der Waals surface area contributed by atoms with E-state index in [1.54, 1.807) is 0 Å². The number of amides is 1. The molecule has 84 valence electrons. The van der Waals surface area contributed by atoms with Crippen LogP contribution in [0.5, 0.6) is 0 Å². The molecular formula is C10H7ClF2N2O. The number of hydrogen-bond donors (Lipinski definition) is 2. The zero-order chi connectivity index (χ0) is 11.9. The van der Waals surface area contributed by atoms with Gasteiger partial charge in [0.2, 0.25) is 0 Å². The van der Waals surface area contributed by atoms with Crippen molar-refractivity contribution in [3.8, 4) is 0 Å². The molecule has 0 aliphatic rings. The summed E-state index contributed by atoms with van der Waals surface area (Å²) in [5.74, 6) is -2.62. The number of H-pyrrole nitrogens is 1. The highest BCUT2D eigenvalue weighted by Gasteiger charge is 2.16. The number of aromatic amines is 1. The predicted octanol–water partition coefficient (Wildman–Crippen LogP) is 2.46. The summed E-state index contributed by atoms with van der Waals surface area (Å²) in [5, 5.41) is 2.41. The lowest BCUT2D eigenvalue weighted by Gasteiger charge is -1.97. The molecule has 0 spiro atoms. The highest BCUT2D eigenvalue weighted by atomic mass is 35.5. The van der Waals surface area contributed by atoms with Gasteiger partial charge < -0.3 is 10.3 Å². The number of carbonyl (C=O) groups excluding carboxylic acids is 1. The van der Waals surface area contributed by atoms with Gasteiger partial charge in [-0.3, -0.25) is 4.79 Å². The zero-order valence-electron chi connectivity index (χ0n) is 8.20. The molecule has 1 amide bonds. The second-order valence-corrected chi connectivity index (χ2v) is 3.62. The molecule has 1 aromatic heterocycles. The minimum Gasteiger partial charge on any atom is -0.354 e. The largest absolute Gasteiger partial charge is 0.354 e. The van der Waals surface area contributed by atoms with Crippen LogP contribution in [-0.4, -0.2) is 17.9 Å². The van der Waals surface area contributed by atoms with E-state index < -0.39 is 17.5 Å². The summed E-state index contributed by atoms with van der Waals surface area (Å²) in [6.45, 7) is 0. The van der Waals surface area contributed by atoms with E-state index in [9.17, 15) is 13.6 Å². The minimum absolute atomic E-state index is 0.0690. The summed E-state index contributed by atoms with van der Waals surface area (Å²) < 4.78 is 26.5. The van der Waals surface area contributed by atoms with Crippen LogP contribution >= 0.6 is 11.6 Å². The van der Waals surface area contributed by atoms with Crippen LogP contribution in [0.25, 0.3) is 10.9 Å². The number of carbonyl (C=O) groups is 1.